The third-order valence-electron chi connectivity index (χ3n) is 17.5. The van der Waals surface area contributed by atoms with Gasteiger partial charge in [0.25, 0.3) is 40.4 Å². The number of nitrogens with zero attached hydrogens (tertiary/aromatic N) is 8. The van der Waals surface area contributed by atoms with Crippen LogP contribution in [0.2, 0.25) is 0 Å². The van der Waals surface area contributed by atoms with Gasteiger partial charge in [-0.3, -0.25) is 34.1 Å². The summed E-state index contributed by atoms with van der Waals surface area (Å²) in [5.41, 5.74) is 10.6. The van der Waals surface area contributed by atoms with E-state index in [1.807, 2.05) is 101 Å². The molecular weight excluding hydrogens is 1180 g/mol. The van der Waals surface area contributed by atoms with Crippen molar-refractivity contribution in [2.75, 3.05) is 39.3 Å². The van der Waals surface area contributed by atoms with Crippen LogP contribution in [0.25, 0.3) is 110 Å². The van der Waals surface area contributed by atoms with E-state index in [-0.39, 0.29) is 74.2 Å². The Labute approximate surface area is 513 Å². The SMILES string of the molecule is C=C(c1ccc2c(-c3ccc4c(=O)[nH]ccc4c3)n[nH]c2c1)N1CCC(F)(F)CC1.C=C(c1ccc2c(-c3ccc4c(=O)[nH]ncc4c3)n[nH]c2c1)N1CCC(F)(F)CC1.Cn1nc(-c2ccc3c(=O)[nH]ccc3c2)c2ccc(C(=O)N3CCC(F)(F)CC3)cc21. The van der Waals surface area contributed by atoms with Gasteiger partial charge in [-0.15, -0.1) is 0 Å². The Morgan fingerprint density at radius 2 is 0.857 bits per heavy atom. The molecular formula is C68H59F6N13O4. The van der Waals surface area contributed by atoms with E-state index in [2.05, 4.69) is 58.8 Å². The van der Waals surface area contributed by atoms with Crippen molar-refractivity contribution in [3.63, 3.8) is 0 Å². The van der Waals surface area contributed by atoms with Gasteiger partial charge in [0.15, 0.2) is 0 Å². The maximum Gasteiger partial charge on any atom is 0.272 e. The molecule has 12 aromatic rings. The van der Waals surface area contributed by atoms with E-state index in [1.54, 1.807) is 60.7 Å². The normalized spacial score (nSPS) is 16.2. The standard InChI is InChI=1S/C23H20F2N4O2.C23H20F2N4O.C22H19F2N5O/c1-28-19-13-16(22(31)29-10-7-23(24,25)8-11-29)3-5-18(19)20(27-28)15-2-4-17-14(12-15)6-9-26-21(17)30;1-14(29-10-7-23(24,25)8-11-29)15-2-5-19-20(13-15)27-28-21(19)17-3-4-18-16(12-17)6-9-26-22(18)30;1-13(29-8-6-22(23,24)7-9-29)14-2-5-18-19(11-14)26-27-20(18)15-3-4-17-16(10-15)12-25-28-21(17)30/h2-6,9,12-13H,7-8,10-11H2,1H3,(H,26,30);2-6,9,12-13H,1,7-8,10-11H2,(H,26,30)(H,27,28);2-5,10-12H,1,6-9H2,(H,26,27)(H,28,30). The minimum Gasteiger partial charge on any atom is -0.371 e. The number of piperidine rings is 3. The molecule has 15 rings (SSSR count). The van der Waals surface area contributed by atoms with Crippen LogP contribution >= 0.6 is 0 Å². The highest BCUT2D eigenvalue weighted by Gasteiger charge is 2.37. The number of halogens is 6. The van der Waals surface area contributed by atoms with Gasteiger partial charge in [-0.05, 0) is 113 Å². The van der Waals surface area contributed by atoms with E-state index in [0.29, 0.717) is 47.9 Å². The van der Waals surface area contributed by atoms with E-state index in [4.69, 9.17) is 0 Å². The molecule has 0 spiro atoms. The monoisotopic (exact) mass is 1240 g/mol. The summed E-state index contributed by atoms with van der Waals surface area (Å²) in [5.74, 6) is -8.10. The zero-order chi connectivity index (χ0) is 63.5. The number of hydrogen-bond acceptors (Lipinski definition) is 10. The average Bonchev–Trinajstić information content (AvgIpc) is 1.81. The van der Waals surface area contributed by atoms with Gasteiger partial charge in [0.1, 0.15) is 5.69 Å². The molecule has 91 heavy (non-hydrogen) atoms. The molecule has 9 heterocycles. The third kappa shape index (κ3) is 12.0. The Morgan fingerprint density at radius 1 is 0.451 bits per heavy atom. The second-order valence-corrected chi connectivity index (χ2v) is 23.3. The highest BCUT2D eigenvalue weighted by Crippen LogP contribution is 2.38. The quantitative estimate of drug-likeness (QED) is 0.0908. The molecule has 3 fully saturated rings. The topological polar surface area (TPSA) is 213 Å². The third-order valence-corrected chi connectivity index (χ3v) is 17.5. The number of H-pyrrole nitrogens is 5. The molecule has 3 saturated heterocycles. The molecule has 0 atom stereocenters. The number of aryl methyl sites for hydroxylation is 1. The Bertz CT molecular complexity index is 4830. The smallest absolute Gasteiger partial charge is 0.272 e. The van der Waals surface area contributed by atoms with E-state index < -0.39 is 17.8 Å². The Morgan fingerprint density at radius 3 is 1.34 bits per heavy atom. The van der Waals surface area contributed by atoms with Crippen LogP contribution in [-0.2, 0) is 7.05 Å². The van der Waals surface area contributed by atoms with Crippen molar-refractivity contribution in [1.29, 1.82) is 0 Å². The minimum absolute atomic E-state index is 0.0523. The molecule has 3 aliphatic rings. The summed E-state index contributed by atoms with van der Waals surface area (Å²) in [7, 11) is 1.80. The van der Waals surface area contributed by atoms with Gasteiger partial charge < -0.3 is 24.7 Å². The molecule has 0 unspecified atom stereocenters. The summed E-state index contributed by atoms with van der Waals surface area (Å²) < 4.78 is 82.3. The van der Waals surface area contributed by atoms with Crippen molar-refractivity contribution in [2.24, 2.45) is 7.05 Å². The molecule has 3 aliphatic heterocycles. The zero-order valence-corrected chi connectivity index (χ0v) is 49.2. The largest absolute Gasteiger partial charge is 0.371 e. The Hall–Kier alpha value is -10.6. The van der Waals surface area contributed by atoms with Crippen molar-refractivity contribution in [3.8, 4) is 33.8 Å². The Kier molecular flexibility index (Phi) is 15.3. The lowest BCUT2D eigenvalue weighted by Crippen LogP contribution is -2.42. The van der Waals surface area contributed by atoms with E-state index >= 15 is 0 Å². The van der Waals surface area contributed by atoms with Gasteiger partial charge in [-0.25, -0.2) is 31.4 Å². The number of amides is 1. The maximum absolute atomic E-state index is 13.4. The van der Waals surface area contributed by atoms with Crippen molar-refractivity contribution in [1.82, 2.24) is 65.0 Å². The van der Waals surface area contributed by atoms with Gasteiger partial charge in [0.2, 0.25) is 0 Å². The molecule has 1 amide bonds. The number of benzene rings is 6. The lowest BCUT2D eigenvalue weighted by atomic mass is 10.0. The number of aromatic nitrogens is 10. The molecule has 0 saturated carbocycles. The first-order chi connectivity index (χ1) is 43.6. The van der Waals surface area contributed by atoms with Crippen molar-refractivity contribution < 1.29 is 31.1 Å². The van der Waals surface area contributed by atoms with Crippen LogP contribution in [0, 0.1) is 0 Å². The van der Waals surface area contributed by atoms with Crippen LogP contribution in [0.5, 0.6) is 0 Å². The first kappa shape index (κ1) is 59.4. The number of carbonyl (C=O) groups is 1. The van der Waals surface area contributed by atoms with Crippen LogP contribution in [-0.4, -0.2) is 128 Å². The molecule has 6 aromatic carbocycles. The molecule has 0 radical (unpaired) electrons. The fourth-order valence-electron chi connectivity index (χ4n) is 12.2. The predicted molar refractivity (Wildman–Crippen MR) is 341 cm³/mol. The van der Waals surface area contributed by atoms with Gasteiger partial charge in [-0.2, -0.15) is 20.4 Å². The maximum atomic E-state index is 13.4. The zero-order valence-electron chi connectivity index (χ0n) is 49.2. The molecule has 6 aromatic heterocycles. The van der Waals surface area contributed by atoms with Crippen LogP contribution in [0.3, 0.4) is 0 Å². The fourth-order valence-corrected chi connectivity index (χ4v) is 12.2. The summed E-state index contributed by atoms with van der Waals surface area (Å²) in [6.45, 7) is 9.53. The molecule has 0 aliphatic carbocycles. The highest BCUT2D eigenvalue weighted by molar-refractivity contribution is 6.03. The number of nitrogens with one attached hydrogen (secondary N) is 5. The van der Waals surface area contributed by atoms with Gasteiger partial charge in [0.05, 0.1) is 39.5 Å². The van der Waals surface area contributed by atoms with Crippen LogP contribution in [0.1, 0.15) is 60.0 Å². The van der Waals surface area contributed by atoms with E-state index in [1.165, 1.54) is 4.90 Å². The fraction of sp³-hybridized carbons (Fsp3) is 0.235. The highest BCUT2D eigenvalue weighted by atomic mass is 19.3. The summed E-state index contributed by atoms with van der Waals surface area (Å²) in [4.78, 5) is 59.2. The first-order valence-electron chi connectivity index (χ1n) is 29.6. The molecule has 0 bridgehead atoms. The Balaban J connectivity index is 0.000000125. The van der Waals surface area contributed by atoms with Crippen LogP contribution < -0.4 is 16.7 Å². The number of likely N-dealkylation sites (tertiary alicyclic amines) is 3. The van der Waals surface area contributed by atoms with Crippen LogP contribution in [0.4, 0.5) is 26.3 Å². The van der Waals surface area contributed by atoms with E-state index in [9.17, 15) is 45.5 Å². The van der Waals surface area contributed by atoms with Gasteiger partial charge in [-0.1, -0.05) is 43.5 Å². The summed E-state index contributed by atoms with van der Waals surface area (Å²) in [6.07, 6.45) is 3.65. The molecule has 23 heteroatoms. The number of aromatic amines is 5. The number of fused-ring (bicyclic) bond motifs is 6. The molecule has 17 nitrogen and oxygen atoms in total. The van der Waals surface area contributed by atoms with Crippen LogP contribution in [0.15, 0.2) is 167 Å². The first-order valence-corrected chi connectivity index (χ1v) is 29.6. The molecule has 462 valence electrons. The van der Waals surface area contributed by atoms with Crippen molar-refractivity contribution >= 4 is 82.3 Å². The predicted octanol–water partition coefficient (Wildman–Crippen LogP) is 12.9. The summed E-state index contributed by atoms with van der Waals surface area (Å²) >= 11 is 0. The number of carbonyl (C=O) groups excluding carboxylic acids is 1. The van der Waals surface area contributed by atoms with Gasteiger partial charge in [0, 0.05) is 163 Å². The minimum atomic E-state index is -2.69. The number of rotatable bonds is 8. The molecule has 5 N–H and O–H groups in total. The van der Waals surface area contributed by atoms with Crippen molar-refractivity contribution in [3.05, 3.63) is 201 Å². The lowest BCUT2D eigenvalue weighted by Gasteiger charge is -2.34. The average molecular weight is 1240 g/mol. The second kappa shape index (κ2) is 23.4. The summed E-state index contributed by atoms with van der Waals surface area (Å²) in [5, 5.41) is 32.9. The number of pyridine rings is 2. The van der Waals surface area contributed by atoms with Gasteiger partial charge >= 0.3 is 0 Å². The lowest BCUT2D eigenvalue weighted by molar-refractivity contribution is -0.0496. The number of hydrogen-bond donors (Lipinski definition) is 5. The summed E-state index contributed by atoms with van der Waals surface area (Å²) in [6, 6.07) is 37.4. The van der Waals surface area contributed by atoms with Crippen molar-refractivity contribution in [2.45, 2.75) is 56.3 Å². The van der Waals surface area contributed by atoms with E-state index in [0.717, 1.165) is 105 Å². The second-order valence-electron chi connectivity index (χ2n) is 23.3. The number of alkyl halides is 6.